The van der Waals surface area contributed by atoms with E-state index in [1.807, 2.05) is 18.2 Å². The number of carbonyl (C=O) groups is 1. The third-order valence-electron chi connectivity index (χ3n) is 3.78. The zero-order chi connectivity index (χ0) is 13.0. The zero-order valence-corrected chi connectivity index (χ0v) is 10.6. The molecule has 1 fully saturated rings. The minimum Gasteiger partial charge on any atom is -0.495 e. The second-order valence-corrected chi connectivity index (χ2v) is 4.82. The topological polar surface area (TPSA) is 50.1 Å². The Kier molecular flexibility index (Phi) is 3.99. The summed E-state index contributed by atoms with van der Waals surface area (Å²) in [6.45, 7) is 0. The van der Waals surface area contributed by atoms with Gasteiger partial charge in [0.1, 0.15) is 18.1 Å². The summed E-state index contributed by atoms with van der Waals surface area (Å²) in [6, 6.07) is 7.98. The third-order valence-corrected chi connectivity index (χ3v) is 3.78. The lowest BCUT2D eigenvalue weighted by atomic mass is 9.79. The Morgan fingerprint density at radius 2 is 2.06 bits per heavy atom. The molecule has 94 valence electrons. The average molecular weight is 243 g/mol. The molecule has 1 aliphatic rings. The molecule has 0 aliphatic heterocycles. The van der Waals surface area contributed by atoms with E-state index in [4.69, 9.17) is 10.00 Å². The van der Waals surface area contributed by atoms with Gasteiger partial charge in [-0.05, 0) is 49.3 Å². The van der Waals surface area contributed by atoms with Crippen molar-refractivity contribution >= 4 is 6.29 Å². The van der Waals surface area contributed by atoms with Crippen LogP contribution in [0.25, 0.3) is 0 Å². The first kappa shape index (κ1) is 12.6. The molecule has 1 aromatic rings. The Balaban J connectivity index is 2.15. The number of carbonyl (C=O) groups excluding carboxylic acids is 1. The van der Waals surface area contributed by atoms with Crippen LogP contribution in [0, 0.1) is 17.2 Å². The minimum atomic E-state index is 0.231. The molecule has 0 unspecified atom stereocenters. The maximum Gasteiger partial charge on any atom is 0.136 e. The van der Waals surface area contributed by atoms with E-state index < -0.39 is 0 Å². The maximum atomic E-state index is 10.7. The van der Waals surface area contributed by atoms with Gasteiger partial charge in [0, 0.05) is 5.92 Å². The van der Waals surface area contributed by atoms with Crippen molar-refractivity contribution in [1.82, 2.24) is 0 Å². The van der Waals surface area contributed by atoms with Crippen molar-refractivity contribution in [2.24, 2.45) is 5.92 Å². The van der Waals surface area contributed by atoms with E-state index in [0.717, 1.165) is 32.0 Å². The molecule has 2 rings (SSSR count). The summed E-state index contributed by atoms with van der Waals surface area (Å²) in [4.78, 5) is 10.7. The zero-order valence-electron chi connectivity index (χ0n) is 10.6. The normalized spacial score (nSPS) is 23.1. The Morgan fingerprint density at radius 3 is 2.61 bits per heavy atom. The highest BCUT2D eigenvalue weighted by Gasteiger charge is 2.22. The molecule has 3 nitrogen and oxygen atoms in total. The van der Waals surface area contributed by atoms with Crippen molar-refractivity contribution < 1.29 is 9.53 Å². The molecule has 0 bridgehead atoms. The Hall–Kier alpha value is -1.82. The Bertz CT molecular complexity index is 468. The van der Waals surface area contributed by atoms with Crippen LogP contribution in [-0.4, -0.2) is 13.4 Å². The van der Waals surface area contributed by atoms with Gasteiger partial charge in [0.15, 0.2) is 0 Å². The predicted molar refractivity (Wildman–Crippen MR) is 68.5 cm³/mol. The molecule has 0 heterocycles. The molecular formula is C15H17NO2. The summed E-state index contributed by atoms with van der Waals surface area (Å²) in [5.74, 6) is 1.33. The van der Waals surface area contributed by atoms with Gasteiger partial charge in [0.25, 0.3) is 0 Å². The molecular weight excluding hydrogens is 226 g/mol. The van der Waals surface area contributed by atoms with Gasteiger partial charge in [-0.1, -0.05) is 6.07 Å². The fraction of sp³-hybridized carbons (Fsp3) is 0.467. The van der Waals surface area contributed by atoms with Crippen LogP contribution >= 0.6 is 0 Å². The molecule has 1 saturated carbocycles. The van der Waals surface area contributed by atoms with E-state index in [-0.39, 0.29) is 5.92 Å². The van der Waals surface area contributed by atoms with E-state index in [1.165, 1.54) is 5.56 Å². The van der Waals surface area contributed by atoms with Crippen LogP contribution in [0.4, 0.5) is 0 Å². The summed E-state index contributed by atoms with van der Waals surface area (Å²) in [6.07, 6.45) is 5.05. The summed E-state index contributed by atoms with van der Waals surface area (Å²) < 4.78 is 5.14. The van der Waals surface area contributed by atoms with Crippen molar-refractivity contribution in [3.63, 3.8) is 0 Å². The van der Waals surface area contributed by atoms with Gasteiger partial charge in [0.05, 0.1) is 12.7 Å². The van der Waals surface area contributed by atoms with Crippen molar-refractivity contribution in [1.29, 1.82) is 5.26 Å². The monoisotopic (exact) mass is 243 g/mol. The first-order valence-corrected chi connectivity index (χ1v) is 6.31. The maximum absolute atomic E-state index is 10.7. The van der Waals surface area contributed by atoms with Crippen LogP contribution in [0.5, 0.6) is 5.75 Å². The molecule has 3 heteroatoms. The highest BCUT2D eigenvalue weighted by molar-refractivity contribution is 5.53. The number of aldehydes is 1. The van der Waals surface area contributed by atoms with Gasteiger partial charge < -0.3 is 9.53 Å². The summed E-state index contributed by atoms with van der Waals surface area (Å²) in [7, 11) is 1.57. The molecule has 0 radical (unpaired) electrons. The van der Waals surface area contributed by atoms with Crippen LogP contribution in [0.1, 0.15) is 42.7 Å². The quantitative estimate of drug-likeness (QED) is 0.767. The number of nitrogens with zero attached hydrogens (tertiary/aromatic N) is 1. The summed E-state index contributed by atoms with van der Waals surface area (Å²) >= 11 is 0. The molecule has 0 saturated heterocycles. The number of ether oxygens (including phenoxy) is 1. The van der Waals surface area contributed by atoms with E-state index in [9.17, 15) is 4.79 Å². The second-order valence-electron chi connectivity index (χ2n) is 4.82. The highest BCUT2D eigenvalue weighted by atomic mass is 16.5. The first-order chi connectivity index (χ1) is 8.78. The number of nitriles is 1. The Labute approximate surface area is 107 Å². The number of hydrogen-bond donors (Lipinski definition) is 0. The largest absolute Gasteiger partial charge is 0.495 e. The first-order valence-electron chi connectivity index (χ1n) is 6.31. The standard InChI is InChI=1S/C15H17NO2/c1-18-15-7-6-13(8-14(15)9-16)12-4-2-11(10-17)3-5-12/h6-8,10-12H,2-5H2,1H3. The fourth-order valence-corrected chi connectivity index (χ4v) is 2.66. The fourth-order valence-electron chi connectivity index (χ4n) is 2.66. The molecule has 1 aliphatic carbocycles. The minimum absolute atomic E-state index is 0.231. The van der Waals surface area contributed by atoms with Crippen molar-refractivity contribution in [3.05, 3.63) is 29.3 Å². The molecule has 18 heavy (non-hydrogen) atoms. The second kappa shape index (κ2) is 5.68. The summed E-state index contributed by atoms with van der Waals surface area (Å²) in [5.41, 5.74) is 1.78. The number of benzene rings is 1. The predicted octanol–water partition coefficient (Wildman–Crippen LogP) is 3.04. The Morgan fingerprint density at radius 1 is 1.33 bits per heavy atom. The van der Waals surface area contributed by atoms with Crippen LogP contribution < -0.4 is 4.74 Å². The molecule has 0 N–H and O–H groups in total. The molecule has 0 aromatic heterocycles. The van der Waals surface area contributed by atoms with Crippen LogP contribution in [0.15, 0.2) is 18.2 Å². The van der Waals surface area contributed by atoms with Gasteiger partial charge in [-0.3, -0.25) is 0 Å². The van der Waals surface area contributed by atoms with Crippen molar-refractivity contribution in [2.45, 2.75) is 31.6 Å². The van der Waals surface area contributed by atoms with Gasteiger partial charge in [0.2, 0.25) is 0 Å². The molecule has 0 amide bonds. The van der Waals surface area contributed by atoms with Gasteiger partial charge in [-0.15, -0.1) is 0 Å². The van der Waals surface area contributed by atoms with E-state index in [0.29, 0.717) is 17.2 Å². The van der Waals surface area contributed by atoms with Gasteiger partial charge in [-0.25, -0.2) is 0 Å². The average Bonchev–Trinajstić information content (AvgIpc) is 2.46. The SMILES string of the molecule is COc1ccc(C2CCC(C=O)CC2)cc1C#N. The number of rotatable bonds is 3. The van der Waals surface area contributed by atoms with E-state index in [1.54, 1.807) is 7.11 Å². The van der Waals surface area contributed by atoms with Crippen LogP contribution in [0.3, 0.4) is 0 Å². The van der Waals surface area contributed by atoms with Crippen LogP contribution in [-0.2, 0) is 4.79 Å². The molecule has 1 aromatic carbocycles. The van der Waals surface area contributed by atoms with Crippen molar-refractivity contribution in [3.8, 4) is 11.8 Å². The number of methoxy groups -OCH3 is 1. The number of hydrogen-bond acceptors (Lipinski definition) is 3. The lowest BCUT2D eigenvalue weighted by molar-refractivity contribution is -0.111. The summed E-state index contributed by atoms with van der Waals surface area (Å²) in [5, 5.41) is 9.08. The lowest BCUT2D eigenvalue weighted by Gasteiger charge is -2.26. The third kappa shape index (κ3) is 2.53. The van der Waals surface area contributed by atoms with Crippen LogP contribution in [0.2, 0.25) is 0 Å². The molecule has 0 atom stereocenters. The van der Waals surface area contributed by atoms with E-state index in [2.05, 4.69) is 6.07 Å². The van der Waals surface area contributed by atoms with E-state index >= 15 is 0 Å². The molecule has 0 spiro atoms. The van der Waals surface area contributed by atoms with Gasteiger partial charge >= 0.3 is 0 Å². The van der Waals surface area contributed by atoms with Crippen molar-refractivity contribution in [2.75, 3.05) is 7.11 Å². The lowest BCUT2D eigenvalue weighted by Crippen LogP contribution is -2.14. The van der Waals surface area contributed by atoms with Gasteiger partial charge in [-0.2, -0.15) is 5.26 Å². The smallest absolute Gasteiger partial charge is 0.136 e. The highest BCUT2D eigenvalue weighted by Crippen LogP contribution is 2.36.